The summed E-state index contributed by atoms with van der Waals surface area (Å²) in [7, 11) is 0. The SMILES string of the molecule is CSCCCC1=CC(O)CCCC1. The van der Waals surface area contributed by atoms with Crippen molar-refractivity contribution in [1.82, 2.24) is 0 Å². The highest BCUT2D eigenvalue weighted by Crippen LogP contribution is 2.21. The highest BCUT2D eigenvalue weighted by Gasteiger charge is 2.08. The minimum atomic E-state index is -0.160. The molecule has 0 radical (unpaired) electrons. The molecule has 0 aliphatic heterocycles. The Labute approximate surface area is 85.6 Å². The topological polar surface area (TPSA) is 20.2 Å². The Morgan fingerprint density at radius 1 is 1.54 bits per heavy atom. The molecule has 1 aliphatic carbocycles. The second kappa shape index (κ2) is 6.50. The van der Waals surface area contributed by atoms with Gasteiger partial charge in [-0.1, -0.05) is 18.1 Å². The zero-order chi connectivity index (χ0) is 9.52. The molecule has 0 amide bonds. The van der Waals surface area contributed by atoms with Gasteiger partial charge in [-0.3, -0.25) is 0 Å². The van der Waals surface area contributed by atoms with Gasteiger partial charge >= 0.3 is 0 Å². The normalized spacial score (nSPS) is 23.8. The summed E-state index contributed by atoms with van der Waals surface area (Å²) in [4.78, 5) is 0. The third kappa shape index (κ3) is 4.72. The fourth-order valence-corrected chi connectivity index (χ4v) is 2.23. The van der Waals surface area contributed by atoms with E-state index in [4.69, 9.17) is 0 Å². The fraction of sp³-hybridized carbons (Fsp3) is 0.818. The molecule has 76 valence electrons. The zero-order valence-corrected chi connectivity index (χ0v) is 9.28. The highest BCUT2D eigenvalue weighted by molar-refractivity contribution is 7.98. The molecule has 0 spiro atoms. The van der Waals surface area contributed by atoms with E-state index in [0.29, 0.717) is 0 Å². The van der Waals surface area contributed by atoms with Crippen molar-refractivity contribution >= 4 is 11.8 Å². The van der Waals surface area contributed by atoms with Crippen LogP contribution in [-0.4, -0.2) is 23.2 Å². The molecular weight excluding hydrogens is 180 g/mol. The van der Waals surface area contributed by atoms with Crippen LogP contribution in [0.4, 0.5) is 0 Å². The lowest BCUT2D eigenvalue weighted by molar-refractivity contribution is 0.211. The number of rotatable bonds is 4. The van der Waals surface area contributed by atoms with Crippen LogP contribution in [0.2, 0.25) is 0 Å². The predicted molar refractivity (Wildman–Crippen MR) is 60.2 cm³/mol. The van der Waals surface area contributed by atoms with E-state index in [1.54, 1.807) is 0 Å². The summed E-state index contributed by atoms with van der Waals surface area (Å²) in [5.74, 6) is 1.24. The molecule has 0 saturated carbocycles. The maximum absolute atomic E-state index is 9.53. The number of thioether (sulfide) groups is 1. The van der Waals surface area contributed by atoms with Gasteiger partial charge in [-0.05, 0) is 44.1 Å². The lowest BCUT2D eigenvalue weighted by Gasteiger charge is -2.05. The van der Waals surface area contributed by atoms with Crippen LogP contribution in [0.25, 0.3) is 0 Å². The average Bonchev–Trinajstić information content (AvgIpc) is 2.31. The van der Waals surface area contributed by atoms with Gasteiger partial charge in [0.2, 0.25) is 0 Å². The van der Waals surface area contributed by atoms with E-state index in [1.165, 1.54) is 43.4 Å². The summed E-state index contributed by atoms with van der Waals surface area (Å²) in [6.45, 7) is 0. The first kappa shape index (κ1) is 11.1. The van der Waals surface area contributed by atoms with Crippen LogP contribution < -0.4 is 0 Å². The van der Waals surface area contributed by atoms with Crippen LogP contribution in [0.5, 0.6) is 0 Å². The van der Waals surface area contributed by atoms with E-state index in [0.717, 1.165) is 6.42 Å². The summed E-state index contributed by atoms with van der Waals surface area (Å²) in [5, 5.41) is 9.53. The van der Waals surface area contributed by atoms with Crippen LogP contribution in [-0.2, 0) is 0 Å². The average molecular weight is 200 g/mol. The molecule has 0 saturated heterocycles. The molecular formula is C11H20OS. The van der Waals surface area contributed by atoms with E-state index in [9.17, 15) is 5.11 Å². The number of aliphatic hydroxyl groups is 1. The van der Waals surface area contributed by atoms with Gasteiger partial charge in [-0.2, -0.15) is 11.8 Å². The predicted octanol–water partition coefficient (Wildman–Crippen LogP) is 2.99. The van der Waals surface area contributed by atoms with Gasteiger partial charge in [-0.15, -0.1) is 0 Å². The van der Waals surface area contributed by atoms with E-state index >= 15 is 0 Å². The van der Waals surface area contributed by atoms with Crippen LogP contribution in [0.1, 0.15) is 38.5 Å². The van der Waals surface area contributed by atoms with E-state index in [2.05, 4.69) is 12.3 Å². The van der Waals surface area contributed by atoms with E-state index in [1.807, 2.05) is 11.8 Å². The first-order chi connectivity index (χ1) is 6.33. The molecule has 0 aromatic heterocycles. The molecule has 1 rings (SSSR count). The summed E-state index contributed by atoms with van der Waals surface area (Å²) in [6.07, 6.45) is 11.2. The summed E-state index contributed by atoms with van der Waals surface area (Å²) >= 11 is 1.91. The van der Waals surface area contributed by atoms with Crippen molar-refractivity contribution in [2.24, 2.45) is 0 Å². The largest absolute Gasteiger partial charge is 0.389 e. The Hall–Kier alpha value is 0.0500. The maximum Gasteiger partial charge on any atom is 0.0723 e. The molecule has 1 N–H and O–H groups in total. The van der Waals surface area contributed by atoms with E-state index < -0.39 is 0 Å². The zero-order valence-electron chi connectivity index (χ0n) is 8.46. The summed E-state index contributed by atoms with van der Waals surface area (Å²) in [5.41, 5.74) is 1.49. The van der Waals surface area contributed by atoms with E-state index in [-0.39, 0.29) is 6.10 Å². The van der Waals surface area contributed by atoms with Crippen LogP contribution in [0.15, 0.2) is 11.6 Å². The van der Waals surface area contributed by atoms with Gasteiger partial charge in [0.1, 0.15) is 0 Å². The monoisotopic (exact) mass is 200 g/mol. The van der Waals surface area contributed by atoms with Crippen molar-refractivity contribution in [2.45, 2.75) is 44.6 Å². The smallest absolute Gasteiger partial charge is 0.0723 e. The van der Waals surface area contributed by atoms with Crippen molar-refractivity contribution in [2.75, 3.05) is 12.0 Å². The van der Waals surface area contributed by atoms with Crippen molar-refractivity contribution in [3.05, 3.63) is 11.6 Å². The molecule has 0 aromatic rings. The number of allylic oxidation sites excluding steroid dienone is 1. The number of aliphatic hydroxyl groups excluding tert-OH is 1. The van der Waals surface area contributed by atoms with Crippen molar-refractivity contribution in [3.63, 3.8) is 0 Å². The Bertz CT molecular complexity index is 165. The van der Waals surface area contributed by atoms with Crippen molar-refractivity contribution < 1.29 is 5.11 Å². The Kier molecular flexibility index (Phi) is 5.56. The van der Waals surface area contributed by atoms with Crippen molar-refractivity contribution in [3.8, 4) is 0 Å². The van der Waals surface area contributed by atoms with Crippen molar-refractivity contribution in [1.29, 1.82) is 0 Å². The molecule has 0 heterocycles. The minimum absolute atomic E-state index is 0.160. The Balaban J connectivity index is 2.28. The van der Waals surface area contributed by atoms with Gasteiger partial charge in [-0.25, -0.2) is 0 Å². The second-order valence-corrected chi connectivity index (χ2v) is 4.72. The molecule has 13 heavy (non-hydrogen) atoms. The maximum atomic E-state index is 9.53. The van der Waals surface area contributed by atoms with Gasteiger partial charge in [0.05, 0.1) is 6.10 Å². The molecule has 1 unspecified atom stereocenters. The molecule has 2 heteroatoms. The number of hydrogen-bond donors (Lipinski definition) is 1. The van der Waals surface area contributed by atoms with Crippen LogP contribution in [0, 0.1) is 0 Å². The van der Waals surface area contributed by atoms with Gasteiger partial charge in [0.15, 0.2) is 0 Å². The molecule has 0 aromatic carbocycles. The summed E-state index contributed by atoms with van der Waals surface area (Å²) in [6, 6.07) is 0. The molecule has 1 aliphatic rings. The first-order valence-corrected chi connectivity index (χ1v) is 6.59. The molecule has 0 bridgehead atoms. The van der Waals surface area contributed by atoms with Gasteiger partial charge in [0.25, 0.3) is 0 Å². The third-order valence-electron chi connectivity index (χ3n) is 2.52. The lowest BCUT2D eigenvalue weighted by atomic mass is 10.1. The lowest BCUT2D eigenvalue weighted by Crippen LogP contribution is -2.00. The van der Waals surface area contributed by atoms with Crippen LogP contribution in [0.3, 0.4) is 0 Å². The first-order valence-electron chi connectivity index (χ1n) is 5.19. The highest BCUT2D eigenvalue weighted by atomic mass is 32.2. The molecule has 1 atom stereocenters. The quantitative estimate of drug-likeness (QED) is 0.556. The van der Waals surface area contributed by atoms with Gasteiger partial charge < -0.3 is 5.11 Å². The number of hydrogen-bond acceptors (Lipinski definition) is 2. The summed E-state index contributed by atoms with van der Waals surface area (Å²) < 4.78 is 0. The minimum Gasteiger partial charge on any atom is -0.389 e. The molecule has 0 fully saturated rings. The molecule has 1 nitrogen and oxygen atoms in total. The van der Waals surface area contributed by atoms with Crippen LogP contribution >= 0.6 is 11.8 Å². The third-order valence-corrected chi connectivity index (χ3v) is 3.22. The fourth-order valence-electron chi connectivity index (χ4n) is 1.80. The second-order valence-electron chi connectivity index (χ2n) is 3.73. The standard InChI is InChI=1S/C11H20OS/c1-13-8-4-6-10-5-2-3-7-11(12)9-10/h9,11-12H,2-8H2,1H3. The van der Waals surface area contributed by atoms with Gasteiger partial charge in [0, 0.05) is 0 Å². The Morgan fingerprint density at radius 2 is 2.38 bits per heavy atom. The Morgan fingerprint density at radius 3 is 3.15 bits per heavy atom.